The SMILES string of the molecule is O=C(Cc1ccc(Cl)c(F)c1)C1COc2ccccc21. The van der Waals surface area contributed by atoms with E-state index in [-0.39, 0.29) is 23.1 Å². The topological polar surface area (TPSA) is 26.3 Å². The molecule has 2 nitrogen and oxygen atoms in total. The van der Waals surface area contributed by atoms with Crippen molar-refractivity contribution in [3.8, 4) is 5.75 Å². The molecule has 1 aliphatic rings. The van der Waals surface area contributed by atoms with Crippen LogP contribution in [-0.2, 0) is 11.2 Å². The van der Waals surface area contributed by atoms with Crippen LogP contribution in [0.25, 0.3) is 0 Å². The summed E-state index contributed by atoms with van der Waals surface area (Å²) in [5, 5.41) is 0.0655. The number of ether oxygens (including phenoxy) is 1. The summed E-state index contributed by atoms with van der Waals surface area (Å²) < 4.78 is 18.9. The molecule has 0 fully saturated rings. The van der Waals surface area contributed by atoms with Crippen molar-refractivity contribution >= 4 is 17.4 Å². The number of fused-ring (bicyclic) bond motifs is 1. The van der Waals surface area contributed by atoms with Gasteiger partial charge in [0, 0.05) is 12.0 Å². The Morgan fingerprint density at radius 3 is 2.90 bits per heavy atom. The number of ketones is 1. The van der Waals surface area contributed by atoms with Crippen molar-refractivity contribution in [2.24, 2.45) is 0 Å². The molecule has 0 bridgehead atoms. The first-order valence-electron chi connectivity index (χ1n) is 6.33. The second kappa shape index (κ2) is 5.25. The van der Waals surface area contributed by atoms with Gasteiger partial charge in [0.15, 0.2) is 0 Å². The average Bonchev–Trinajstić information content (AvgIpc) is 2.87. The first-order valence-corrected chi connectivity index (χ1v) is 6.71. The highest BCUT2D eigenvalue weighted by molar-refractivity contribution is 6.30. The number of carbonyl (C=O) groups is 1. The lowest BCUT2D eigenvalue weighted by molar-refractivity contribution is -0.120. The lowest BCUT2D eigenvalue weighted by Crippen LogP contribution is -2.16. The molecule has 0 N–H and O–H groups in total. The molecule has 20 heavy (non-hydrogen) atoms. The third-order valence-corrected chi connectivity index (χ3v) is 3.76. The Kier molecular flexibility index (Phi) is 3.45. The Morgan fingerprint density at radius 2 is 2.10 bits per heavy atom. The highest BCUT2D eigenvalue weighted by Gasteiger charge is 2.29. The van der Waals surface area contributed by atoms with Gasteiger partial charge in [0.2, 0.25) is 0 Å². The van der Waals surface area contributed by atoms with Gasteiger partial charge in [0.1, 0.15) is 24.0 Å². The first kappa shape index (κ1) is 13.1. The van der Waals surface area contributed by atoms with E-state index in [1.807, 2.05) is 24.3 Å². The van der Waals surface area contributed by atoms with E-state index in [4.69, 9.17) is 16.3 Å². The summed E-state index contributed by atoms with van der Waals surface area (Å²) in [6.07, 6.45) is 0.177. The summed E-state index contributed by atoms with van der Waals surface area (Å²) in [5.74, 6) is 0.00906. The minimum Gasteiger partial charge on any atom is -0.492 e. The molecule has 102 valence electrons. The molecule has 1 unspecified atom stereocenters. The van der Waals surface area contributed by atoms with Crippen molar-refractivity contribution in [1.82, 2.24) is 0 Å². The number of rotatable bonds is 3. The quantitative estimate of drug-likeness (QED) is 0.860. The smallest absolute Gasteiger partial charge is 0.148 e. The van der Waals surface area contributed by atoms with E-state index in [0.717, 1.165) is 11.3 Å². The monoisotopic (exact) mass is 290 g/mol. The van der Waals surface area contributed by atoms with Gasteiger partial charge in [0.25, 0.3) is 0 Å². The third-order valence-electron chi connectivity index (χ3n) is 3.45. The van der Waals surface area contributed by atoms with Crippen molar-refractivity contribution in [1.29, 1.82) is 0 Å². The number of Topliss-reactive ketones (excluding diaryl/α,β-unsaturated/α-hetero) is 1. The zero-order chi connectivity index (χ0) is 14.1. The van der Waals surface area contributed by atoms with E-state index in [2.05, 4.69) is 0 Å². The summed E-state index contributed by atoms with van der Waals surface area (Å²) >= 11 is 5.63. The standard InChI is InChI=1S/C16H12ClFO2/c17-13-6-5-10(7-14(13)18)8-15(19)12-9-20-16-4-2-1-3-11(12)16/h1-7,12H,8-9H2. The lowest BCUT2D eigenvalue weighted by atomic mass is 9.93. The fourth-order valence-corrected chi connectivity index (χ4v) is 2.52. The van der Waals surface area contributed by atoms with Gasteiger partial charge in [-0.2, -0.15) is 0 Å². The minimum atomic E-state index is -0.500. The number of hydrogen-bond donors (Lipinski definition) is 0. The summed E-state index contributed by atoms with van der Waals surface area (Å²) in [5.41, 5.74) is 1.54. The molecule has 2 aromatic rings. The lowest BCUT2D eigenvalue weighted by Gasteiger charge is -2.08. The van der Waals surface area contributed by atoms with Gasteiger partial charge in [-0.1, -0.05) is 35.9 Å². The highest BCUT2D eigenvalue weighted by Crippen LogP contribution is 2.34. The summed E-state index contributed by atoms with van der Waals surface area (Å²) in [4.78, 5) is 12.3. The van der Waals surface area contributed by atoms with Crippen molar-refractivity contribution in [3.05, 3.63) is 64.4 Å². The second-order valence-corrected chi connectivity index (χ2v) is 5.20. The van der Waals surface area contributed by atoms with Crippen LogP contribution in [-0.4, -0.2) is 12.4 Å². The van der Waals surface area contributed by atoms with Crippen molar-refractivity contribution < 1.29 is 13.9 Å². The third kappa shape index (κ3) is 2.41. The Labute approximate surface area is 121 Å². The molecule has 1 aliphatic heterocycles. The molecule has 3 rings (SSSR count). The van der Waals surface area contributed by atoms with Crippen molar-refractivity contribution in [2.45, 2.75) is 12.3 Å². The van der Waals surface area contributed by atoms with E-state index in [9.17, 15) is 9.18 Å². The fraction of sp³-hybridized carbons (Fsp3) is 0.188. The Bertz CT molecular complexity index is 669. The number of para-hydroxylation sites is 1. The zero-order valence-electron chi connectivity index (χ0n) is 10.6. The first-order chi connectivity index (χ1) is 9.65. The summed E-state index contributed by atoms with van der Waals surface area (Å²) in [6.45, 7) is 0.355. The molecule has 0 aliphatic carbocycles. The number of halogens is 2. The van der Waals surface area contributed by atoms with Crippen LogP contribution in [0.3, 0.4) is 0 Å². The molecule has 0 radical (unpaired) electrons. The molecule has 0 spiro atoms. The van der Waals surface area contributed by atoms with Gasteiger partial charge < -0.3 is 4.74 Å². The van der Waals surface area contributed by atoms with Crippen molar-refractivity contribution in [3.63, 3.8) is 0 Å². The molecule has 1 heterocycles. The Hall–Kier alpha value is -1.87. The van der Waals surface area contributed by atoms with Gasteiger partial charge in [-0.15, -0.1) is 0 Å². The van der Waals surface area contributed by atoms with E-state index < -0.39 is 5.82 Å². The van der Waals surface area contributed by atoms with Crippen LogP contribution in [0, 0.1) is 5.82 Å². The molecular formula is C16H12ClFO2. The van der Waals surface area contributed by atoms with Crippen LogP contribution in [0.1, 0.15) is 17.0 Å². The number of benzene rings is 2. The van der Waals surface area contributed by atoms with Crippen LogP contribution in [0.5, 0.6) is 5.75 Å². The maximum absolute atomic E-state index is 13.4. The fourth-order valence-electron chi connectivity index (χ4n) is 2.40. The van der Waals surface area contributed by atoms with E-state index >= 15 is 0 Å². The number of hydrogen-bond acceptors (Lipinski definition) is 2. The summed E-state index contributed by atoms with van der Waals surface area (Å²) in [7, 11) is 0. The minimum absolute atomic E-state index is 0.0247. The average molecular weight is 291 g/mol. The van der Waals surface area contributed by atoms with Crippen LogP contribution in [0.15, 0.2) is 42.5 Å². The summed E-state index contributed by atoms with van der Waals surface area (Å²) in [6, 6.07) is 12.0. The van der Waals surface area contributed by atoms with Gasteiger partial charge in [-0.25, -0.2) is 4.39 Å². The van der Waals surface area contributed by atoms with Gasteiger partial charge in [-0.05, 0) is 23.8 Å². The predicted molar refractivity (Wildman–Crippen MR) is 74.8 cm³/mol. The van der Waals surface area contributed by atoms with Gasteiger partial charge in [0.05, 0.1) is 10.9 Å². The maximum atomic E-state index is 13.4. The van der Waals surface area contributed by atoms with Crippen LogP contribution in [0.2, 0.25) is 5.02 Å². The second-order valence-electron chi connectivity index (χ2n) is 4.79. The maximum Gasteiger partial charge on any atom is 0.148 e. The van der Waals surface area contributed by atoms with Gasteiger partial charge in [-0.3, -0.25) is 4.79 Å². The molecule has 1 atom stereocenters. The molecule has 0 aromatic heterocycles. The molecule has 0 saturated carbocycles. The van der Waals surface area contributed by atoms with Crippen LogP contribution < -0.4 is 4.74 Å². The molecule has 0 saturated heterocycles. The normalized spacial score (nSPS) is 16.6. The van der Waals surface area contributed by atoms with E-state index in [1.165, 1.54) is 12.1 Å². The largest absolute Gasteiger partial charge is 0.492 e. The Morgan fingerprint density at radius 1 is 1.30 bits per heavy atom. The highest BCUT2D eigenvalue weighted by atomic mass is 35.5. The van der Waals surface area contributed by atoms with E-state index in [1.54, 1.807) is 6.07 Å². The molecule has 4 heteroatoms. The predicted octanol–water partition coefficient (Wildman–Crippen LogP) is 3.77. The number of carbonyl (C=O) groups excluding carboxylic acids is 1. The van der Waals surface area contributed by atoms with Crippen LogP contribution >= 0.6 is 11.6 Å². The molecular weight excluding hydrogens is 279 g/mol. The zero-order valence-corrected chi connectivity index (χ0v) is 11.4. The molecule has 2 aromatic carbocycles. The van der Waals surface area contributed by atoms with Gasteiger partial charge >= 0.3 is 0 Å². The molecule has 0 amide bonds. The van der Waals surface area contributed by atoms with E-state index in [0.29, 0.717) is 12.2 Å². The van der Waals surface area contributed by atoms with Crippen molar-refractivity contribution in [2.75, 3.05) is 6.61 Å². The van der Waals surface area contributed by atoms with Crippen LogP contribution in [0.4, 0.5) is 4.39 Å². The Balaban J connectivity index is 1.79.